The minimum Gasteiger partial charge on any atom is -0.492 e. The quantitative estimate of drug-likeness (QED) is 0.788. The van der Waals surface area contributed by atoms with Gasteiger partial charge in [-0.05, 0) is 39.0 Å². The fourth-order valence-corrected chi connectivity index (χ4v) is 2.17. The number of nitrogens with zero attached hydrogens (tertiary/aromatic N) is 2. The number of para-hydroxylation sites is 1. The van der Waals surface area contributed by atoms with E-state index < -0.39 is 0 Å². The van der Waals surface area contributed by atoms with Gasteiger partial charge >= 0.3 is 0 Å². The lowest BCUT2D eigenvalue weighted by atomic mass is 10.3. The van der Waals surface area contributed by atoms with Crippen molar-refractivity contribution in [2.75, 3.05) is 13.2 Å². The fraction of sp³-hybridized carbons (Fsp3) is 0.438. The lowest BCUT2D eigenvalue weighted by molar-refractivity contribution is 0.301. The van der Waals surface area contributed by atoms with Crippen LogP contribution in [0.1, 0.15) is 18.3 Å². The highest BCUT2D eigenvalue weighted by molar-refractivity contribution is 5.20. The summed E-state index contributed by atoms with van der Waals surface area (Å²) in [4.78, 5) is 0. The molecule has 0 aliphatic heterocycles. The van der Waals surface area contributed by atoms with Crippen molar-refractivity contribution in [1.82, 2.24) is 15.1 Å². The highest BCUT2D eigenvalue weighted by atomic mass is 16.5. The first kappa shape index (κ1) is 14.6. The predicted octanol–water partition coefficient (Wildman–Crippen LogP) is 2.56. The average Bonchev–Trinajstić information content (AvgIpc) is 2.74. The van der Waals surface area contributed by atoms with Crippen molar-refractivity contribution in [3.05, 3.63) is 47.8 Å². The summed E-state index contributed by atoms with van der Waals surface area (Å²) in [6, 6.07) is 12.4. The Hall–Kier alpha value is -1.81. The van der Waals surface area contributed by atoms with Gasteiger partial charge in [-0.2, -0.15) is 5.10 Å². The summed E-state index contributed by atoms with van der Waals surface area (Å²) in [5.41, 5.74) is 2.28. The molecule has 0 aliphatic rings. The molecule has 1 unspecified atom stereocenters. The maximum absolute atomic E-state index is 5.65. The number of ether oxygens (including phenoxy) is 1. The van der Waals surface area contributed by atoms with E-state index in [1.54, 1.807) is 0 Å². The Morgan fingerprint density at radius 2 is 2.00 bits per heavy atom. The molecule has 0 saturated carbocycles. The number of nitrogens with one attached hydrogen (secondary N) is 1. The Morgan fingerprint density at radius 1 is 1.25 bits per heavy atom. The minimum atomic E-state index is 0.368. The van der Waals surface area contributed by atoms with Gasteiger partial charge in [-0.25, -0.2) is 0 Å². The summed E-state index contributed by atoms with van der Waals surface area (Å²) in [5.74, 6) is 0.917. The van der Waals surface area contributed by atoms with E-state index in [1.165, 1.54) is 5.69 Å². The maximum Gasteiger partial charge on any atom is 0.119 e. The van der Waals surface area contributed by atoms with E-state index >= 15 is 0 Å². The number of benzene rings is 1. The first-order valence-corrected chi connectivity index (χ1v) is 7.07. The van der Waals surface area contributed by atoms with Gasteiger partial charge in [-0.3, -0.25) is 4.68 Å². The molecule has 1 heterocycles. The van der Waals surface area contributed by atoms with Gasteiger partial charge in [0.25, 0.3) is 0 Å². The van der Waals surface area contributed by atoms with Gasteiger partial charge in [0.2, 0.25) is 0 Å². The summed E-state index contributed by atoms with van der Waals surface area (Å²) < 4.78 is 7.70. The van der Waals surface area contributed by atoms with Crippen LogP contribution in [0.4, 0.5) is 0 Å². The molecule has 0 aliphatic carbocycles. The molecule has 1 aromatic heterocycles. The molecule has 1 aromatic carbocycles. The highest BCUT2D eigenvalue weighted by Crippen LogP contribution is 2.07. The number of aromatic nitrogens is 2. The van der Waals surface area contributed by atoms with Crippen LogP contribution in [0, 0.1) is 13.8 Å². The zero-order valence-corrected chi connectivity index (χ0v) is 12.5. The summed E-state index contributed by atoms with van der Waals surface area (Å²) in [6.07, 6.45) is 0. The van der Waals surface area contributed by atoms with Gasteiger partial charge in [-0.15, -0.1) is 0 Å². The van der Waals surface area contributed by atoms with E-state index in [2.05, 4.69) is 30.3 Å². The van der Waals surface area contributed by atoms with Crippen LogP contribution in [0.15, 0.2) is 36.4 Å². The minimum absolute atomic E-state index is 0.368. The fourth-order valence-electron chi connectivity index (χ4n) is 2.17. The van der Waals surface area contributed by atoms with E-state index in [0.29, 0.717) is 12.6 Å². The smallest absolute Gasteiger partial charge is 0.119 e. The third-order valence-corrected chi connectivity index (χ3v) is 3.16. The molecule has 0 saturated heterocycles. The van der Waals surface area contributed by atoms with Crippen molar-refractivity contribution in [3.8, 4) is 5.75 Å². The number of hydrogen-bond acceptors (Lipinski definition) is 3. The van der Waals surface area contributed by atoms with Crippen LogP contribution in [-0.4, -0.2) is 29.0 Å². The van der Waals surface area contributed by atoms with E-state index in [1.807, 2.05) is 41.9 Å². The van der Waals surface area contributed by atoms with Crippen LogP contribution in [0.25, 0.3) is 0 Å². The predicted molar refractivity (Wildman–Crippen MR) is 81.1 cm³/mol. The zero-order valence-electron chi connectivity index (χ0n) is 12.5. The second-order valence-corrected chi connectivity index (χ2v) is 5.13. The molecular formula is C16H23N3O. The topological polar surface area (TPSA) is 39.1 Å². The second-order valence-electron chi connectivity index (χ2n) is 5.13. The van der Waals surface area contributed by atoms with Crippen LogP contribution in [0.5, 0.6) is 5.75 Å². The number of aryl methyl sites for hydroxylation is 2. The van der Waals surface area contributed by atoms with Crippen LogP contribution in [0.2, 0.25) is 0 Å². The standard InChI is InChI=1S/C16H23N3O/c1-13-11-15(3)19(18-13)12-14(2)17-9-10-20-16-7-5-4-6-8-16/h4-8,11,14,17H,9-10,12H2,1-3H3. The summed E-state index contributed by atoms with van der Waals surface area (Å²) in [5, 5.41) is 7.92. The zero-order chi connectivity index (χ0) is 14.4. The second kappa shape index (κ2) is 7.10. The maximum atomic E-state index is 5.65. The Balaban J connectivity index is 1.68. The van der Waals surface area contributed by atoms with E-state index in [4.69, 9.17) is 4.74 Å². The molecule has 1 atom stereocenters. The molecule has 4 heteroatoms. The molecule has 0 fully saturated rings. The van der Waals surface area contributed by atoms with Crippen LogP contribution in [0.3, 0.4) is 0 Å². The molecule has 0 spiro atoms. The molecule has 0 radical (unpaired) electrons. The van der Waals surface area contributed by atoms with Crippen LogP contribution in [-0.2, 0) is 6.54 Å². The van der Waals surface area contributed by atoms with Gasteiger partial charge < -0.3 is 10.1 Å². The Kier molecular flexibility index (Phi) is 5.18. The van der Waals surface area contributed by atoms with Gasteiger partial charge in [0, 0.05) is 18.3 Å². The lowest BCUT2D eigenvalue weighted by Gasteiger charge is -2.15. The van der Waals surface area contributed by atoms with Crippen molar-refractivity contribution >= 4 is 0 Å². The molecule has 4 nitrogen and oxygen atoms in total. The number of rotatable bonds is 7. The van der Waals surface area contributed by atoms with Gasteiger partial charge in [-0.1, -0.05) is 18.2 Å². The molecule has 0 amide bonds. The third kappa shape index (κ3) is 4.38. The normalized spacial score (nSPS) is 12.3. The Labute approximate surface area is 120 Å². The highest BCUT2D eigenvalue weighted by Gasteiger charge is 2.06. The number of hydrogen-bond donors (Lipinski definition) is 1. The van der Waals surface area contributed by atoms with Crippen LogP contribution >= 0.6 is 0 Å². The monoisotopic (exact) mass is 273 g/mol. The Bertz CT molecular complexity index is 522. The van der Waals surface area contributed by atoms with Crippen molar-refractivity contribution in [3.63, 3.8) is 0 Å². The molecule has 2 rings (SSSR count). The van der Waals surface area contributed by atoms with Gasteiger partial charge in [0.15, 0.2) is 0 Å². The molecular weight excluding hydrogens is 250 g/mol. The SMILES string of the molecule is Cc1cc(C)n(CC(C)NCCOc2ccccc2)n1. The molecule has 108 valence electrons. The largest absolute Gasteiger partial charge is 0.492 e. The summed E-state index contributed by atoms with van der Waals surface area (Å²) >= 11 is 0. The van der Waals surface area contributed by atoms with Crippen molar-refractivity contribution in [2.45, 2.75) is 33.4 Å². The summed E-state index contributed by atoms with van der Waals surface area (Å²) in [7, 11) is 0. The van der Waals surface area contributed by atoms with Crippen molar-refractivity contribution in [1.29, 1.82) is 0 Å². The summed E-state index contributed by atoms with van der Waals surface area (Å²) in [6.45, 7) is 8.66. The van der Waals surface area contributed by atoms with E-state index in [-0.39, 0.29) is 0 Å². The molecule has 2 aromatic rings. The van der Waals surface area contributed by atoms with E-state index in [9.17, 15) is 0 Å². The molecule has 1 N–H and O–H groups in total. The van der Waals surface area contributed by atoms with Crippen molar-refractivity contribution in [2.24, 2.45) is 0 Å². The van der Waals surface area contributed by atoms with Crippen molar-refractivity contribution < 1.29 is 4.74 Å². The molecule has 0 bridgehead atoms. The molecule has 20 heavy (non-hydrogen) atoms. The third-order valence-electron chi connectivity index (χ3n) is 3.16. The first-order chi connectivity index (χ1) is 9.65. The first-order valence-electron chi connectivity index (χ1n) is 7.07. The lowest BCUT2D eigenvalue weighted by Crippen LogP contribution is -2.34. The Morgan fingerprint density at radius 3 is 2.65 bits per heavy atom. The van der Waals surface area contributed by atoms with Gasteiger partial charge in [0.1, 0.15) is 12.4 Å². The van der Waals surface area contributed by atoms with Gasteiger partial charge in [0.05, 0.1) is 12.2 Å². The van der Waals surface area contributed by atoms with Crippen LogP contribution < -0.4 is 10.1 Å². The average molecular weight is 273 g/mol. The van der Waals surface area contributed by atoms with E-state index in [0.717, 1.165) is 24.5 Å².